The minimum Gasteiger partial charge on any atom is -0.473 e. The van der Waals surface area contributed by atoms with Crippen molar-refractivity contribution < 1.29 is 19.1 Å². The lowest BCUT2D eigenvalue weighted by atomic mass is 9.68. The number of carbonyl (C=O) groups is 2. The molecule has 272 valence electrons. The zero-order chi connectivity index (χ0) is 37.0. The Hall–Kier alpha value is -4.72. The number of carbonyl (C=O) groups excluding carboxylic acids is 2. The molecule has 0 N–H and O–H groups in total. The predicted octanol–water partition coefficient (Wildman–Crippen LogP) is 9.31. The van der Waals surface area contributed by atoms with Gasteiger partial charge in [0.1, 0.15) is 18.8 Å². The smallest absolute Gasteiger partial charge is 0.259 e. The number of hydrogen-bond acceptors (Lipinski definition) is 6. The van der Waals surface area contributed by atoms with Gasteiger partial charge in [0.2, 0.25) is 11.8 Å². The van der Waals surface area contributed by atoms with Gasteiger partial charge in [-0.2, -0.15) is 0 Å². The van der Waals surface area contributed by atoms with Crippen molar-refractivity contribution in [1.29, 1.82) is 0 Å². The fraction of sp³-hybridized carbons (Fsp3) is 0.442. The van der Waals surface area contributed by atoms with E-state index in [1.807, 2.05) is 27.7 Å². The van der Waals surface area contributed by atoms with Gasteiger partial charge in [-0.3, -0.25) is 9.59 Å². The standard InChI is InChI=1S/C43H56N4O4/c1-9-38(35-22-18-32(19-23-35)29-50-39-25-24-36(28-45-39)41(48)46(10-2)11-3)43(7,8)27-31(6)34-20-16-33(17-21-34)30-51-40-37(15-14-26-44-40)42(49)47(12-4)13-5/h14-26,28,31,38H,9-13,27,29-30H2,1-8H3. The molecule has 2 atom stereocenters. The number of ether oxygens (including phenoxy) is 2. The fourth-order valence-electron chi connectivity index (χ4n) is 7.02. The molecule has 4 rings (SSSR count). The molecule has 0 saturated heterocycles. The second kappa shape index (κ2) is 18.5. The largest absolute Gasteiger partial charge is 0.473 e. The van der Waals surface area contributed by atoms with E-state index >= 15 is 0 Å². The van der Waals surface area contributed by atoms with Crippen molar-refractivity contribution in [3.63, 3.8) is 0 Å². The van der Waals surface area contributed by atoms with E-state index < -0.39 is 0 Å². The van der Waals surface area contributed by atoms with Crippen LogP contribution in [0.5, 0.6) is 11.8 Å². The van der Waals surface area contributed by atoms with Gasteiger partial charge in [0.05, 0.1) is 5.56 Å². The van der Waals surface area contributed by atoms with E-state index in [1.165, 1.54) is 11.1 Å². The molecule has 51 heavy (non-hydrogen) atoms. The lowest BCUT2D eigenvalue weighted by Gasteiger charge is -2.37. The molecule has 4 aromatic rings. The highest BCUT2D eigenvalue weighted by molar-refractivity contribution is 5.96. The van der Waals surface area contributed by atoms with Crippen LogP contribution in [0, 0.1) is 5.41 Å². The lowest BCUT2D eigenvalue weighted by Crippen LogP contribution is -2.30. The van der Waals surface area contributed by atoms with Crippen molar-refractivity contribution >= 4 is 11.8 Å². The molecular formula is C43H56N4O4. The van der Waals surface area contributed by atoms with Gasteiger partial charge in [0, 0.05) is 44.6 Å². The van der Waals surface area contributed by atoms with Crippen LogP contribution in [-0.4, -0.2) is 57.8 Å². The van der Waals surface area contributed by atoms with Crippen LogP contribution in [-0.2, 0) is 13.2 Å². The molecule has 2 aromatic heterocycles. The van der Waals surface area contributed by atoms with Crippen molar-refractivity contribution in [3.8, 4) is 11.8 Å². The molecule has 0 radical (unpaired) electrons. The molecule has 8 nitrogen and oxygen atoms in total. The lowest BCUT2D eigenvalue weighted by molar-refractivity contribution is 0.0761. The van der Waals surface area contributed by atoms with Gasteiger partial charge < -0.3 is 19.3 Å². The second-order valence-electron chi connectivity index (χ2n) is 13.8. The Balaban J connectivity index is 1.32. The van der Waals surface area contributed by atoms with E-state index in [9.17, 15) is 9.59 Å². The first-order chi connectivity index (χ1) is 24.5. The summed E-state index contributed by atoms with van der Waals surface area (Å²) in [6.07, 6.45) is 5.33. The van der Waals surface area contributed by atoms with Crippen LogP contribution in [0.15, 0.2) is 85.2 Å². The fourth-order valence-corrected chi connectivity index (χ4v) is 7.02. The minimum atomic E-state index is -0.0636. The number of aromatic nitrogens is 2. The summed E-state index contributed by atoms with van der Waals surface area (Å²) in [5.41, 5.74) is 5.86. The molecule has 0 fully saturated rings. The summed E-state index contributed by atoms with van der Waals surface area (Å²) in [5.74, 6) is 1.55. The Labute approximate surface area is 305 Å². The highest BCUT2D eigenvalue weighted by Gasteiger charge is 2.31. The topological polar surface area (TPSA) is 84.9 Å². The van der Waals surface area contributed by atoms with E-state index in [2.05, 4.69) is 86.2 Å². The third-order valence-electron chi connectivity index (χ3n) is 9.96. The number of hydrogen-bond donors (Lipinski definition) is 0. The minimum absolute atomic E-state index is 0.0154. The second-order valence-corrected chi connectivity index (χ2v) is 13.8. The van der Waals surface area contributed by atoms with Gasteiger partial charge in [0.25, 0.3) is 11.8 Å². The first kappa shape index (κ1) is 39.1. The Morgan fingerprint density at radius 1 is 0.706 bits per heavy atom. The summed E-state index contributed by atoms with van der Waals surface area (Å²) < 4.78 is 12.0. The Bertz CT molecular complexity index is 1680. The Morgan fingerprint density at radius 2 is 1.27 bits per heavy atom. The van der Waals surface area contributed by atoms with Crippen LogP contribution in [0.4, 0.5) is 0 Å². The summed E-state index contributed by atoms with van der Waals surface area (Å²) in [5, 5.41) is 0. The molecule has 0 bridgehead atoms. The zero-order valence-corrected chi connectivity index (χ0v) is 31.8. The molecule has 2 heterocycles. The van der Waals surface area contributed by atoms with Crippen molar-refractivity contribution in [1.82, 2.24) is 19.8 Å². The summed E-state index contributed by atoms with van der Waals surface area (Å²) in [7, 11) is 0. The van der Waals surface area contributed by atoms with E-state index in [4.69, 9.17) is 9.47 Å². The first-order valence-corrected chi connectivity index (χ1v) is 18.5. The summed E-state index contributed by atoms with van der Waals surface area (Å²) in [4.78, 5) is 37.8. The predicted molar refractivity (Wildman–Crippen MR) is 204 cm³/mol. The van der Waals surface area contributed by atoms with Gasteiger partial charge in [-0.15, -0.1) is 0 Å². The van der Waals surface area contributed by atoms with Crippen LogP contribution < -0.4 is 9.47 Å². The summed E-state index contributed by atoms with van der Waals surface area (Å²) in [6.45, 7) is 20.6. The Morgan fingerprint density at radius 3 is 1.82 bits per heavy atom. The van der Waals surface area contributed by atoms with Crippen molar-refractivity contribution in [3.05, 3.63) is 119 Å². The third kappa shape index (κ3) is 10.2. The van der Waals surface area contributed by atoms with Gasteiger partial charge in [-0.25, -0.2) is 9.97 Å². The van der Waals surface area contributed by atoms with Crippen LogP contribution in [0.25, 0.3) is 0 Å². The van der Waals surface area contributed by atoms with Gasteiger partial charge in [-0.1, -0.05) is 76.2 Å². The van der Waals surface area contributed by atoms with E-state index in [0.29, 0.717) is 74.1 Å². The molecular weight excluding hydrogens is 636 g/mol. The molecule has 0 aliphatic carbocycles. The average molecular weight is 693 g/mol. The van der Waals surface area contributed by atoms with Crippen LogP contribution in [0.3, 0.4) is 0 Å². The third-order valence-corrected chi connectivity index (χ3v) is 9.96. The maximum atomic E-state index is 13.0. The monoisotopic (exact) mass is 692 g/mol. The van der Waals surface area contributed by atoms with Crippen LogP contribution in [0.1, 0.15) is 123 Å². The normalized spacial score (nSPS) is 12.5. The summed E-state index contributed by atoms with van der Waals surface area (Å²) in [6, 6.07) is 24.5. The average Bonchev–Trinajstić information content (AvgIpc) is 3.15. The highest BCUT2D eigenvalue weighted by atomic mass is 16.5. The van der Waals surface area contributed by atoms with Crippen molar-refractivity contribution in [2.75, 3.05) is 26.2 Å². The van der Waals surface area contributed by atoms with Crippen molar-refractivity contribution in [2.24, 2.45) is 5.41 Å². The zero-order valence-electron chi connectivity index (χ0n) is 31.8. The number of rotatable bonds is 18. The molecule has 0 aliphatic heterocycles. The van der Waals surface area contributed by atoms with E-state index in [1.54, 1.807) is 46.5 Å². The van der Waals surface area contributed by atoms with E-state index in [-0.39, 0.29) is 17.2 Å². The van der Waals surface area contributed by atoms with Crippen molar-refractivity contribution in [2.45, 2.75) is 93.3 Å². The summed E-state index contributed by atoms with van der Waals surface area (Å²) >= 11 is 0. The number of nitrogens with zero attached hydrogens (tertiary/aromatic N) is 4. The highest BCUT2D eigenvalue weighted by Crippen LogP contribution is 2.44. The maximum Gasteiger partial charge on any atom is 0.259 e. The SMILES string of the molecule is CCC(c1ccc(COc2ccc(C(=O)N(CC)CC)cn2)cc1)C(C)(C)CC(C)c1ccc(COc2ncccc2C(=O)N(CC)CC)cc1. The molecule has 0 aliphatic rings. The number of pyridine rings is 2. The molecule has 0 saturated carbocycles. The first-order valence-electron chi connectivity index (χ1n) is 18.5. The molecule has 2 unspecified atom stereocenters. The number of benzene rings is 2. The van der Waals surface area contributed by atoms with Gasteiger partial charge in [-0.05, 0) is 98.2 Å². The van der Waals surface area contributed by atoms with Crippen LogP contribution >= 0.6 is 0 Å². The van der Waals surface area contributed by atoms with Gasteiger partial charge >= 0.3 is 0 Å². The van der Waals surface area contributed by atoms with Crippen LogP contribution in [0.2, 0.25) is 0 Å². The van der Waals surface area contributed by atoms with E-state index in [0.717, 1.165) is 24.0 Å². The molecule has 0 spiro atoms. The van der Waals surface area contributed by atoms with Gasteiger partial charge in [0.15, 0.2) is 0 Å². The Kier molecular flexibility index (Phi) is 14.2. The number of amides is 2. The maximum absolute atomic E-state index is 13.0. The molecule has 2 aromatic carbocycles. The quantitative estimate of drug-likeness (QED) is 0.103. The molecule has 2 amide bonds. The molecule has 8 heteroatoms.